The predicted octanol–water partition coefficient (Wildman–Crippen LogP) is 1.02. The smallest absolute Gasteiger partial charge is 0.275 e. The predicted molar refractivity (Wildman–Crippen MR) is 91.6 cm³/mol. The van der Waals surface area contributed by atoms with E-state index in [0.29, 0.717) is 21.2 Å². The second-order valence-electron chi connectivity index (χ2n) is 5.36. The Morgan fingerprint density at radius 3 is 2.71 bits per heavy atom. The Bertz CT molecular complexity index is 964. The van der Waals surface area contributed by atoms with Gasteiger partial charge in [0.2, 0.25) is 11.0 Å². The van der Waals surface area contributed by atoms with Crippen LogP contribution >= 0.6 is 11.3 Å². The van der Waals surface area contributed by atoms with Crippen molar-refractivity contribution in [1.29, 1.82) is 0 Å². The van der Waals surface area contributed by atoms with E-state index in [-0.39, 0.29) is 24.1 Å². The number of aryl methyl sites for hydroxylation is 1. The lowest BCUT2D eigenvalue weighted by molar-refractivity contribution is -0.122. The van der Waals surface area contributed by atoms with E-state index in [1.807, 2.05) is 19.1 Å². The Balaban J connectivity index is 1.81. The minimum atomic E-state index is -0.343. The van der Waals surface area contributed by atoms with Crippen molar-refractivity contribution in [3.05, 3.63) is 45.3 Å². The van der Waals surface area contributed by atoms with Gasteiger partial charge in [-0.2, -0.15) is 5.10 Å². The van der Waals surface area contributed by atoms with Gasteiger partial charge in [-0.25, -0.2) is 4.68 Å². The van der Waals surface area contributed by atoms with Crippen LogP contribution in [0.2, 0.25) is 0 Å². The summed E-state index contributed by atoms with van der Waals surface area (Å²) in [5, 5.41) is 16.9. The van der Waals surface area contributed by atoms with Gasteiger partial charge in [0.15, 0.2) is 0 Å². The molecule has 3 rings (SSSR count). The van der Waals surface area contributed by atoms with E-state index < -0.39 is 0 Å². The van der Waals surface area contributed by atoms with E-state index in [9.17, 15) is 9.59 Å². The van der Waals surface area contributed by atoms with E-state index >= 15 is 0 Å². The molecule has 3 aromatic rings. The monoisotopic (exact) mass is 344 g/mol. The highest BCUT2D eigenvalue weighted by molar-refractivity contribution is 7.15. The Hall–Kier alpha value is -2.81. The molecule has 0 bridgehead atoms. The van der Waals surface area contributed by atoms with E-state index in [2.05, 4.69) is 20.6 Å². The van der Waals surface area contributed by atoms with Crippen LogP contribution in [0.25, 0.3) is 10.8 Å². The highest BCUT2D eigenvalue weighted by atomic mass is 32.1. The Morgan fingerprint density at radius 2 is 2.04 bits per heavy atom. The van der Waals surface area contributed by atoms with Crippen molar-refractivity contribution in [2.24, 2.45) is 0 Å². The lowest BCUT2D eigenvalue weighted by Crippen LogP contribution is -2.35. The van der Waals surface area contributed by atoms with E-state index in [4.69, 9.17) is 5.73 Å². The minimum Gasteiger partial charge on any atom is -0.374 e. The molecule has 24 heavy (non-hydrogen) atoms. The molecule has 2 aromatic heterocycles. The zero-order chi connectivity index (χ0) is 17.3. The van der Waals surface area contributed by atoms with Gasteiger partial charge in [-0.15, -0.1) is 10.2 Å². The number of anilines is 1. The van der Waals surface area contributed by atoms with Crippen LogP contribution in [0.5, 0.6) is 0 Å². The van der Waals surface area contributed by atoms with Crippen LogP contribution in [0.15, 0.2) is 29.1 Å². The summed E-state index contributed by atoms with van der Waals surface area (Å²) in [6.07, 6.45) is 0. The normalized spacial score (nSPS) is 12.2. The number of carbonyl (C=O) groups excluding carboxylic acids is 1. The average Bonchev–Trinajstić information content (AvgIpc) is 2.99. The van der Waals surface area contributed by atoms with Crippen molar-refractivity contribution in [1.82, 2.24) is 25.3 Å². The van der Waals surface area contributed by atoms with Crippen molar-refractivity contribution in [2.45, 2.75) is 26.4 Å². The van der Waals surface area contributed by atoms with Crippen LogP contribution in [-0.4, -0.2) is 25.9 Å². The second-order valence-corrected chi connectivity index (χ2v) is 6.40. The zero-order valence-electron chi connectivity index (χ0n) is 13.2. The van der Waals surface area contributed by atoms with Gasteiger partial charge in [-0.3, -0.25) is 9.59 Å². The molecule has 0 spiro atoms. The Labute approximate surface area is 141 Å². The summed E-state index contributed by atoms with van der Waals surface area (Å²) in [5.74, 6) is -0.333. The number of benzene rings is 1. The van der Waals surface area contributed by atoms with Crippen LogP contribution in [0.3, 0.4) is 0 Å². The van der Waals surface area contributed by atoms with Crippen molar-refractivity contribution in [3.63, 3.8) is 0 Å². The van der Waals surface area contributed by atoms with Gasteiger partial charge < -0.3 is 11.1 Å². The lowest BCUT2D eigenvalue weighted by atomic mass is 10.1. The quantitative estimate of drug-likeness (QED) is 0.730. The number of rotatable bonds is 4. The van der Waals surface area contributed by atoms with E-state index in [1.54, 1.807) is 19.1 Å². The molecule has 1 amide bonds. The highest BCUT2D eigenvalue weighted by Crippen LogP contribution is 2.18. The van der Waals surface area contributed by atoms with Crippen LogP contribution < -0.4 is 16.6 Å². The highest BCUT2D eigenvalue weighted by Gasteiger charge is 2.16. The van der Waals surface area contributed by atoms with Crippen LogP contribution in [0.4, 0.5) is 5.13 Å². The van der Waals surface area contributed by atoms with Gasteiger partial charge in [-0.1, -0.05) is 29.5 Å². The lowest BCUT2D eigenvalue weighted by Gasteiger charge is -2.12. The summed E-state index contributed by atoms with van der Waals surface area (Å²) in [6, 6.07) is 6.86. The molecule has 0 saturated carbocycles. The van der Waals surface area contributed by atoms with Gasteiger partial charge >= 0.3 is 0 Å². The SMILES string of the molecule is Cc1nn(CC(=O)NC(C)c2nnc(N)s2)c(=O)c2ccccc12. The molecular weight excluding hydrogens is 328 g/mol. The third kappa shape index (κ3) is 3.11. The fourth-order valence-corrected chi connectivity index (χ4v) is 3.03. The second kappa shape index (κ2) is 6.36. The molecule has 0 fully saturated rings. The molecule has 0 aliphatic rings. The molecule has 0 saturated heterocycles. The van der Waals surface area contributed by atoms with Crippen molar-refractivity contribution in [2.75, 3.05) is 5.73 Å². The fourth-order valence-electron chi connectivity index (χ4n) is 2.42. The molecule has 1 aromatic carbocycles. The molecular formula is C15H16N6O2S. The summed E-state index contributed by atoms with van der Waals surface area (Å²) in [6.45, 7) is 3.42. The summed E-state index contributed by atoms with van der Waals surface area (Å²) < 4.78 is 1.17. The van der Waals surface area contributed by atoms with Crippen molar-refractivity contribution < 1.29 is 4.79 Å². The number of hydrogen-bond donors (Lipinski definition) is 2. The summed E-state index contributed by atoms with van der Waals surface area (Å²) in [4.78, 5) is 24.7. The molecule has 124 valence electrons. The molecule has 9 heteroatoms. The number of hydrogen-bond acceptors (Lipinski definition) is 7. The van der Waals surface area contributed by atoms with E-state index in [1.165, 1.54) is 16.0 Å². The molecule has 8 nitrogen and oxygen atoms in total. The molecule has 3 N–H and O–H groups in total. The van der Waals surface area contributed by atoms with Crippen LogP contribution in [0.1, 0.15) is 23.7 Å². The topological polar surface area (TPSA) is 116 Å². The number of nitrogen functional groups attached to an aromatic ring is 1. The molecule has 0 radical (unpaired) electrons. The molecule has 1 atom stereocenters. The number of carbonyl (C=O) groups is 1. The number of fused-ring (bicyclic) bond motifs is 1. The number of amides is 1. The first-order valence-corrected chi connectivity index (χ1v) is 8.12. The fraction of sp³-hybridized carbons (Fsp3) is 0.267. The van der Waals surface area contributed by atoms with Crippen LogP contribution in [-0.2, 0) is 11.3 Å². The molecule has 0 aliphatic carbocycles. The number of nitrogens with one attached hydrogen (secondary N) is 1. The first-order valence-electron chi connectivity index (χ1n) is 7.30. The Morgan fingerprint density at radius 1 is 1.33 bits per heavy atom. The number of nitrogens with zero attached hydrogens (tertiary/aromatic N) is 4. The molecule has 0 aliphatic heterocycles. The van der Waals surface area contributed by atoms with Gasteiger partial charge in [-0.05, 0) is 19.9 Å². The summed E-state index contributed by atoms with van der Waals surface area (Å²) in [5.41, 5.74) is 5.94. The zero-order valence-corrected chi connectivity index (χ0v) is 14.0. The molecule has 2 heterocycles. The van der Waals surface area contributed by atoms with Gasteiger partial charge in [0.25, 0.3) is 5.56 Å². The van der Waals surface area contributed by atoms with E-state index in [0.717, 1.165) is 5.39 Å². The summed E-state index contributed by atoms with van der Waals surface area (Å²) >= 11 is 1.21. The number of aromatic nitrogens is 4. The maximum absolute atomic E-state index is 12.5. The average molecular weight is 344 g/mol. The third-order valence-corrected chi connectivity index (χ3v) is 4.49. The minimum absolute atomic E-state index is 0.164. The largest absolute Gasteiger partial charge is 0.374 e. The maximum atomic E-state index is 12.5. The van der Waals surface area contributed by atoms with Crippen molar-refractivity contribution >= 4 is 33.1 Å². The third-order valence-electron chi connectivity index (χ3n) is 3.55. The van der Waals surface area contributed by atoms with Gasteiger partial charge in [0.05, 0.1) is 17.1 Å². The standard InChI is InChI=1S/C15H16N6O2S/c1-8-10-5-3-4-6-11(10)14(23)21(20-8)7-12(22)17-9(2)13-18-19-15(16)24-13/h3-6,9H,7H2,1-2H3,(H2,16,19)(H,17,22). The van der Waals surface area contributed by atoms with Crippen molar-refractivity contribution in [3.8, 4) is 0 Å². The van der Waals surface area contributed by atoms with Gasteiger partial charge in [0.1, 0.15) is 11.6 Å². The molecule has 1 unspecified atom stereocenters. The number of nitrogens with two attached hydrogens (primary N) is 1. The maximum Gasteiger partial charge on any atom is 0.275 e. The first-order chi connectivity index (χ1) is 11.5. The first kappa shape index (κ1) is 16.1. The van der Waals surface area contributed by atoms with Gasteiger partial charge in [0, 0.05) is 5.39 Å². The van der Waals surface area contributed by atoms with Crippen LogP contribution in [0, 0.1) is 6.92 Å². The Kier molecular flexibility index (Phi) is 4.26. The summed E-state index contributed by atoms with van der Waals surface area (Å²) in [7, 11) is 0.